The SMILES string of the molecule is C[C@@H](c1ccc(Cl)cc1)n1cnc(-c2ccccc2)c1-c1c(C(=O)Nc2cc(F)ccc2N2CCC(N3CCCOC3=O)CC2)[nH]c2cc(Cl)ccc12. The van der Waals surface area contributed by atoms with Crippen molar-refractivity contribution in [1.82, 2.24) is 19.4 Å². The number of nitrogens with one attached hydrogen (secondary N) is 2. The summed E-state index contributed by atoms with van der Waals surface area (Å²) in [5.74, 6) is -0.920. The number of anilines is 2. The van der Waals surface area contributed by atoms with Gasteiger partial charge in [0.05, 0.1) is 41.7 Å². The third kappa shape index (κ3) is 6.84. The van der Waals surface area contributed by atoms with E-state index in [-0.39, 0.29) is 23.9 Å². The molecule has 0 bridgehead atoms. The molecule has 0 aliphatic carbocycles. The molecule has 1 atom stereocenters. The fourth-order valence-corrected chi connectivity index (χ4v) is 7.88. The summed E-state index contributed by atoms with van der Waals surface area (Å²) in [7, 11) is 0. The van der Waals surface area contributed by atoms with Gasteiger partial charge in [-0.05, 0) is 74.2 Å². The second-order valence-corrected chi connectivity index (χ2v) is 14.4. The minimum absolute atomic E-state index is 0.0668. The van der Waals surface area contributed by atoms with Gasteiger partial charge in [0.15, 0.2) is 0 Å². The van der Waals surface area contributed by atoms with E-state index in [1.54, 1.807) is 24.5 Å². The number of benzene rings is 4. The predicted octanol–water partition coefficient (Wildman–Crippen LogP) is 9.82. The van der Waals surface area contributed by atoms with Crippen molar-refractivity contribution in [2.24, 2.45) is 0 Å². The first-order valence-corrected chi connectivity index (χ1v) is 18.5. The predicted molar refractivity (Wildman–Crippen MR) is 207 cm³/mol. The highest BCUT2D eigenvalue weighted by atomic mass is 35.5. The monoisotopic (exact) mass is 750 g/mol. The largest absolute Gasteiger partial charge is 0.449 e. The number of hydrogen-bond donors (Lipinski definition) is 2. The average molecular weight is 752 g/mol. The Morgan fingerprint density at radius 3 is 2.47 bits per heavy atom. The minimum atomic E-state index is -0.472. The van der Waals surface area contributed by atoms with Crippen LogP contribution < -0.4 is 10.2 Å². The van der Waals surface area contributed by atoms with E-state index in [4.69, 9.17) is 32.9 Å². The van der Waals surface area contributed by atoms with Crippen molar-refractivity contribution in [2.45, 2.75) is 38.3 Å². The van der Waals surface area contributed by atoms with Gasteiger partial charge in [-0.1, -0.05) is 71.7 Å². The number of H-pyrrole nitrogens is 1. The number of imidazole rings is 1. The number of aromatic amines is 1. The molecule has 0 saturated carbocycles. The number of amides is 2. The molecule has 8 rings (SSSR count). The van der Waals surface area contributed by atoms with Crippen LogP contribution in [0.15, 0.2) is 97.3 Å². The third-order valence-electron chi connectivity index (χ3n) is 10.3. The highest BCUT2D eigenvalue weighted by molar-refractivity contribution is 6.31. The van der Waals surface area contributed by atoms with Crippen molar-refractivity contribution in [3.8, 4) is 22.5 Å². The summed E-state index contributed by atoms with van der Waals surface area (Å²) in [5.41, 5.74) is 5.95. The molecule has 9 nitrogen and oxygen atoms in total. The van der Waals surface area contributed by atoms with Crippen molar-refractivity contribution < 1.29 is 18.7 Å². The van der Waals surface area contributed by atoms with E-state index in [0.29, 0.717) is 64.4 Å². The maximum atomic E-state index is 14.9. The molecule has 2 amide bonds. The quantitative estimate of drug-likeness (QED) is 0.162. The van der Waals surface area contributed by atoms with Crippen molar-refractivity contribution >= 4 is 57.5 Å². The summed E-state index contributed by atoms with van der Waals surface area (Å²) in [6.45, 7) is 4.46. The molecule has 2 saturated heterocycles. The fraction of sp³-hybridized carbons (Fsp3) is 0.244. The maximum absolute atomic E-state index is 14.9. The van der Waals surface area contributed by atoms with Gasteiger partial charge in [-0.25, -0.2) is 14.2 Å². The van der Waals surface area contributed by atoms with Crippen molar-refractivity contribution in [3.05, 3.63) is 124 Å². The zero-order chi connectivity index (χ0) is 36.6. The van der Waals surface area contributed by atoms with Crippen LogP contribution in [-0.4, -0.2) is 63.7 Å². The molecule has 4 heterocycles. The topological polar surface area (TPSA) is 95.5 Å². The molecule has 2 N–H and O–H groups in total. The van der Waals surface area contributed by atoms with Gasteiger partial charge in [0.2, 0.25) is 0 Å². The van der Waals surface area contributed by atoms with Gasteiger partial charge in [-0.2, -0.15) is 0 Å². The molecule has 4 aromatic carbocycles. The van der Waals surface area contributed by atoms with Crippen molar-refractivity contribution in [3.63, 3.8) is 0 Å². The second kappa shape index (κ2) is 14.6. The molecular formula is C41H37Cl2FN6O3. The van der Waals surface area contributed by atoms with Gasteiger partial charge >= 0.3 is 6.09 Å². The first-order valence-electron chi connectivity index (χ1n) is 17.7. The number of carbonyl (C=O) groups is 2. The molecule has 53 heavy (non-hydrogen) atoms. The molecule has 2 aromatic heterocycles. The lowest BCUT2D eigenvalue weighted by atomic mass is 9.99. The van der Waals surface area contributed by atoms with Crippen LogP contribution >= 0.6 is 23.2 Å². The molecule has 2 aliphatic heterocycles. The lowest BCUT2D eigenvalue weighted by Gasteiger charge is -2.40. The number of fused-ring (bicyclic) bond motifs is 1. The fourth-order valence-electron chi connectivity index (χ4n) is 7.59. The number of ether oxygens (including phenoxy) is 1. The number of carbonyl (C=O) groups excluding carboxylic acids is 2. The summed E-state index contributed by atoms with van der Waals surface area (Å²) < 4.78 is 22.3. The van der Waals surface area contributed by atoms with Crippen LogP contribution in [0.25, 0.3) is 33.4 Å². The first kappa shape index (κ1) is 34.7. The van der Waals surface area contributed by atoms with Gasteiger partial charge in [-0.3, -0.25) is 4.79 Å². The lowest BCUT2D eigenvalue weighted by molar-refractivity contribution is 0.0499. The highest BCUT2D eigenvalue weighted by Crippen LogP contribution is 2.42. The Labute approximate surface area is 316 Å². The summed E-state index contributed by atoms with van der Waals surface area (Å²) in [6.07, 6.45) is 3.80. The number of nitrogens with zero attached hydrogens (tertiary/aromatic N) is 4. The molecular weight excluding hydrogens is 714 g/mol. The number of rotatable bonds is 8. The van der Waals surface area contributed by atoms with E-state index >= 15 is 0 Å². The van der Waals surface area contributed by atoms with E-state index in [1.807, 2.05) is 65.6 Å². The second-order valence-electron chi connectivity index (χ2n) is 13.5. The molecule has 2 fully saturated rings. The Balaban J connectivity index is 1.19. The van der Waals surface area contributed by atoms with Gasteiger partial charge in [0.1, 0.15) is 11.5 Å². The highest BCUT2D eigenvalue weighted by Gasteiger charge is 2.32. The van der Waals surface area contributed by atoms with E-state index in [9.17, 15) is 14.0 Å². The van der Waals surface area contributed by atoms with Gasteiger partial charge in [-0.15, -0.1) is 0 Å². The van der Waals surface area contributed by atoms with E-state index in [1.165, 1.54) is 12.1 Å². The molecule has 12 heteroatoms. The summed E-state index contributed by atoms with van der Waals surface area (Å²) in [4.78, 5) is 39.3. The number of hydrogen-bond acceptors (Lipinski definition) is 5. The van der Waals surface area contributed by atoms with Crippen LogP contribution in [0, 0.1) is 5.82 Å². The van der Waals surface area contributed by atoms with Crippen LogP contribution in [0.3, 0.4) is 0 Å². The Kier molecular flexibility index (Phi) is 9.57. The minimum Gasteiger partial charge on any atom is -0.449 e. The molecule has 6 aromatic rings. The Bertz CT molecular complexity index is 2300. The van der Waals surface area contributed by atoms with Crippen molar-refractivity contribution in [2.75, 3.05) is 36.5 Å². The summed E-state index contributed by atoms with van der Waals surface area (Å²) >= 11 is 12.7. The normalized spacial score (nSPS) is 15.8. The standard InChI is InChI=1S/C41H37Cl2FN6O3/c1-25(26-8-10-28(42)11-9-26)50-24-45-37(27-6-3-2-4-7-27)39(50)36-32-14-12-29(43)22-33(32)46-38(36)40(51)47-34-23-30(44)13-15-35(34)48-19-16-31(17-20-48)49-18-5-21-53-41(49)52/h2-4,6-15,22-25,31,46H,5,16-21H2,1H3,(H,47,51)/t25-/m0/s1. The number of aromatic nitrogens is 3. The van der Waals surface area contributed by atoms with E-state index in [0.717, 1.165) is 41.5 Å². The molecule has 270 valence electrons. The zero-order valence-corrected chi connectivity index (χ0v) is 30.5. The maximum Gasteiger partial charge on any atom is 0.410 e. The molecule has 2 aliphatic rings. The van der Waals surface area contributed by atoms with Crippen LogP contribution in [0.2, 0.25) is 10.0 Å². The number of piperidine rings is 1. The summed E-state index contributed by atoms with van der Waals surface area (Å²) in [6, 6.07) is 27.3. The molecule has 0 radical (unpaired) electrons. The summed E-state index contributed by atoms with van der Waals surface area (Å²) in [5, 5.41) is 4.98. The average Bonchev–Trinajstić information content (AvgIpc) is 3.77. The first-order chi connectivity index (χ1) is 25.7. The Morgan fingerprint density at radius 2 is 1.72 bits per heavy atom. The number of halogens is 3. The van der Waals surface area contributed by atoms with E-state index in [2.05, 4.69) is 26.7 Å². The van der Waals surface area contributed by atoms with E-state index < -0.39 is 11.7 Å². The zero-order valence-electron chi connectivity index (χ0n) is 29.0. The van der Waals surface area contributed by atoms with Gasteiger partial charge in [0, 0.05) is 57.8 Å². The Hall–Kier alpha value is -5.32. The molecule has 0 spiro atoms. The van der Waals surface area contributed by atoms with Crippen LogP contribution in [0.5, 0.6) is 0 Å². The van der Waals surface area contributed by atoms with Crippen LogP contribution in [0.1, 0.15) is 48.3 Å². The van der Waals surface area contributed by atoms with Gasteiger partial charge < -0.3 is 29.4 Å². The van der Waals surface area contributed by atoms with Crippen LogP contribution in [0.4, 0.5) is 20.6 Å². The van der Waals surface area contributed by atoms with Crippen LogP contribution in [-0.2, 0) is 4.74 Å². The number of cyclic esters (lactones) is 1. The lowest BCUT2D eigenvalue weighted by Crippen LogP contribution is -2.50. The third-order valence-corrected chi connectivity index (χ3v) is 10.8. The molecule has 0 unspecified atom stereocenters. The Morgan fingerprint density at radius 1 is 0.962 bits per heavy atom. The van der Waals surface area contributed by atoms with Crippen molar-refractivity contribution in [1.29, 1.82) is 0 Å². The smallest absolute Gasteiger partial charge is 0.410 e. The van der Waals surface area contributed by atoms with Gasteiger partial charge in [0.25, 0.3) is 5.91 Å².